The highest BCUT2D eigenvalue weighted by molar-refractivity contribution is 5.67. The maximum Gasteiger partial charge on any atom is 0.0171 e. The first kappa shape index (κ1) is 13.4. The van der Waals surface area contributed by atoms with Gasteiger partial charge in [0.2, 0.25) is 0 Å². The van der Waals surface area contributed by atoms with Gasteiger partial charge in [0.05, 0.1) is 0 Å². The van der Waals surface area contributed by atoms with Gasteiger partial charge in [-0.1, -0.05) is 44.2 Å². The number of hydrogen-bond acceptors (Lipinski definition) is 1. The lowest BCUT2D eigenvalue weighted by atomic mass is 9.94. The molecule has 0 fully saturated rings. The van der Waals surface area contributed by atoms with Crippen LogP contribution >= 0.6 is 0 Å². The molecule has 0 radical (unpaired) electrons. The minimum Gasteiger partial charge on any atom is -0.297 e. The lowest BCUT2D eigenvalue weighted by Gasteiger charge is -2.29. The largest absolute Gasteiger partial charge is 0.297 e. The molecule has 98 valence electrons. The molecule has 0 spiro atoms. The Morgan fingerprint density at radius 2 is 1.89 bits per heavy atom. The third kappa shape index (κ3) is 3.02. The average Bonchev–Trinajstić information content (AvgIpc) is 2.39. The Bertz CT molecular complexity index is 429. The van der Waals surface area contributed by atoms with Gasteiger partial charge in [-0.15, -0.1) is 0 Å². The normalized spacial score (nSPS) is 17.3. The van der Waals surface area contributed by atoms with Gasteiger partial charge in [0.15, 0.2) is 0 Å². The first-order valence-electron chi connectivity index (χ1n) is 7.11. The number of nitrogens with zero attached hydrogens (tertiary/aromatic N) is 1. The number of benzene rings is 1. The van der Waals surface area contributed by atoms with Crippen LogP contribution in [-0.2, 0) is 0 Å². The van der Waals surface area contributed by atoms with Gasteiger partial charge in [0.1, 0.15) is 0 Å². The summed E-state index contributed by atoms with van der Waals surface area (Å²) in [6.45, 7) is 11.4. The van der Waals surface area contributed by atoms with Crippen molar-refractivity contribution in [1.82, 2.24) is 4.90 Å². The third-order valence-corrected chi connectivity index (χ3v) is 3.89. The maximum atomic E-state index is 2.52. The molecule has 1 heteroatoms. The summed E-state index contributed by atoms with van der Waals surface area (Å²) in [5.41, 5.74) is 4.39. The summed E-state index contributed by atoms with van der Waals surface area (Å²) in [6, 6.07) is 9.70. The van der Waals surface area contributed by atoms with E-state index in [0.29, 0.717) is 12.0 Å². The summed E-state index contributed by atoms with van der Waals surface area (Å²) in [7, 11) is 0. The predicted octanol–water partition coefficient (Wildman–Crippen LogP) is 4.31. The van der Waals surface area contributed by atoms with E-state index in [-0.39, 0.29) is 0 Å². The van der Waals surface area contributed by atoms with Crippen LogP contribution in [0.3, 0.4) is 0 Å². The van der Waals surface area contributed by atoms with E-state index < -0.39 is 0 Å². The van der Waals surface area contributed by atoms with Crippen molar-refractivity contribution in [1.29, 1.82) is 0 Å². The minimum absolute atomic E-state index is 0.612. The summed E-state index contributed by atoms with van der Waals surface area (Å²) >= 11 is 0. The topological polar surface area (TPSA) is 3.24 Å². The van der Waals surface area contributed by atoms with Crippen molar-refractivity contribution in [2.45, 2.75) is 46.1 Å². The Hall–Kier alpha value is -1.08. The quantitative estimate of drug-likeness (QED) is 0.764. The van der Waals surface area contributed by atoms with Gasteiger partial charge < -0.3 is 0 Å². The lowest BCUT2D eigenvalue weighted by Crippen LogP contribution is -2.34. The molecule has 0 amide bonds. The van der Waals surface area contributed by atoms with E-state index in [1.165, 1.54) is 29.7 Å². The molecular formula is C17H25N. The van der Waals surface area contributed by atoms with Crippen molar-refractivity contribution in [3.05, 3.63) is 41.5 Å². The predicted molar refractivity (Wildman–Crippen MR) is 79.8 cm³/mol. The summed E-state index contributed by atoms with van der Waals surface area (Å²) in [4.78, 5) is 2.52. The molecule has 0 unspecified atom stereocenters. The average molecular weight is 243 g/mol. The SMILES string of the molecule is CC(C)c1cccc(C2=CCN(C(C)C)CC2)c1. The molecule has 0 N–H and O–H groups in total. The molecule has 1 heterocycles. The Morgan fingerprint density at radius 1 is 1.11 bits per heavy atom. The third-order valence-electron chi connectivity index (χ3n) is 3.89. The smallest absolute Gasteiger partial charge is 0.0171 e. The van der Waals surface area contributed by atoms with E-state index in [9.17, 15) is 0 Å². The highest BCUT2D eigenvalue weighted by atomic mass is 15.1. The van der Waals surface area contributed by atoms with Crippen LogP contribution in [0.15, 0.2) is 30.3 Å². The molecule has 0 atom stereocenters. The van der Waals surface area contributed by atoms with E-state index in [0.717, 1.165) is 6.54 Å². The molecule has 0 bridgehead atoms. The first-order valence-corrected chi connectivity index (χ1v) is 7.11. The van der Waals surface area contributed by atoms with Crippen molar-refractivity contribution >= 4 is 5.57 Å². The highest BCUT2D eigenvalue weighted by Crippen LogP contribution is 2.25. The van der Waals surface area contributed by atoms with Crippen molar-refractivity contribution < 1.29 is 0 Å². The monoisotopic (exact) mass is 243 g/mol. The van der Waals surface area contributed by atoms with E-state index in [4.69, 9.17) is 0 Å². The van der Waals surface area contributed by atoms with Gasteiger partial charge in [-0.3, -0.25) is 4.90 Å². The van der Waals surface area contributed by atoms with Crippen LogP contribution in [0.25, 0.3) is 5.57 Å². The lowest BCUT2D eigenvalue weighted by molar-refractivity contribution is 0.245. The number of hydrogen-bond donors (Lipinski definition) is 0. The molecule has 0 saturated heterocycles. The van der Waals surface area contributed by atoms with Crippen molar-refractivity contribution in [2.75, 3.05) is 13.1 Å². The fourth-order valence-electron chi connectivity index (χ4n) is 2.51. The molecule has 0 aliphatic carbocycles. The zero-order chi connectivity index (χ0) is 13.1. The summed E-state index contributed by atoms with van der Waals surface area (Å²) in [5, 5.41) is 0. The van der Waals surface area contributed by atoms with Crippen molar-refractivity contribution in [3.63, 3.8) is 0 Å². The van der Waals surface area contributed by atoms with Crippen molar-refractivity contribution in [3.8, 4) is 0 Å². The van der Waals surface area contributed by atoms with Crippen LogP contribution in [0.2, 0.25) is 0 Å². The highest BCUT2D eigenvalue weighted by Gasteiger charge is 2.15. The van der Waals surface area contributed by atoms with Gasteiger partial charge >= 0.3 is 0 Å². The van der Waals surface area contributed by atoms with Crippen LogP contribution < -0.4 is 0 Å². The molecule has 0 saturated carbocycles. The molecule has 1 nitrogen and oxygen atoms in total. The van der Waals surface area contributed by atoms with Crippen LogP contribution in [0.5, 0.6) is 0 Å². The van der Waals surface area contributed by atoms with E-state index in [2.05, 4.69) is 62.9 Å². The fourth-order valence-corrected chi connectivity index (χ4v) is 2.51. The standard InChI is InChI=1S/C17H25N/c1-13(2)16-6-5-7-17(12-16)15-8-10-18(11-9-15)14(3)4/h5-8,12-14H,9-11H2,1-4H3. The van der Waals surface area contributed by atoms with Gasteiger partial charge in [-0.25, -0.2) is 0 Å². The summed E-state index contributed by atoms with van der Waals surface area (Å²) < 4.78 is 0. The zero-order valence-electron chi connectivity index (χ0n) is 12.1. The fraction of sp³-hybridized carbons (Fsp3) is 0.529. The summed E-state index contributed by atoms with van der Waals surface area (Å²) in [6.07, 6.45) is 3.59. The minimum atomic E-state index is 0.612. The Morgan fingerprint density at radius 3 is 2.44 bits per heavy atom. The number of rotatable bonds is 3. The van der Waals surface area contributed by atoms with Crippen LogP contribution in [0, 0.1) is 0 Å². The Labute approximate surface area is 112 Å². The molecule has 18 heavy (non-hydrogen) atoms. The van der Waals surface area contributed by atoms with Gasteiger partial charge in [-0.2, -0.15) is 0 Å². The van der Waals surface area contributed by atoms with Crippen molar-refractivity contribution in [2.24, 2.45) is 0 Å². The van der Waals surface area contributed by atoms with E-state index >= 15 is 0 Å². The second-order valence-electron chi connectivity index (χ2n) is 5.85. The second-order valence-corrected chi connectivity index (χ2v) is 5.85. The molecule has 0 aromatic heterocycles. The Balaban J connectivity index is 2.15. The molecule has 1 aromatic rings. The van der Waals surface area contributed by atoms with Gasteiger partial charge in [0, 0.05) is 19.1 Å². The first-order chi connectivity index (χ1) is 8.58. The maximum absolute atomic E-state index is 2.52. The molecular weight excluding hydrogens is 218 g/mol. The van der Waals surface area contributed by atoms with Crippen LogP contribution in [0.1, 0.15) is 51.2 Å². The van der Waals surface area contributed by atoms with E-state index in [1.54, 1.807) is 0 Å². The molecule has 1 aliphatic rings. The van der Waals surface area contributed by atoms with Gasteiger partial charge in [-0.05, 0) is 42.9 Å². The van der Waals surface area contributed by atoms with Crippen LogP contribution in [0.4, 0.5) is 0 Å². The second kappa shape index (κ2) is 5.71. The zero-order valence-corrected chi connectivity index (χ0v) is 12.1. The van der Waals surface area contributed by atoms with Gasteiger partial charge in [0.25, 0.3) is 0 Å². The summed E-state index contributed by atoms with van der Waals surface area (Å²) in [5.74, 6) is 0.612. The van der Waals surface area contributed by atoms with E-state index in [1.807, 2.05) is 0 Å². The van der Waals surface area contributed by atoms with Crippen LogP contribution in [-0.4, -0.2) is 24.0 Å². The Kier molecular flexibility index (Phi) is 4.23. The molecule has 2 rings (SSSR count). The molecule has 1 aromatic carbocycles. The molecule has 1 aliphatic heterocycles.